The first kappa shape index (κ1) is 17.1. The Morgan fingerprint density at radius 2 is 2.05 bits per heavy atom. The molecule has 0 fully saturated rings. The van der Waals surface area contributed by atoms with Gasteiger partial charge in [-0.25, -0.2) is 13.2 Å². The largest absolute Gasteiger partial charge is 0.491 e. The van der Waals surface area contributed by atoms with Crippen LogP contribution in [-0.2, 0) is 15.6 Å². The lowest BCUT2D eigenvalue weighted by Gasteiger charge is -2.25. The van der Waals surface area contributed by atoms with Crippen LogP contribution in [0.25, 0.3) is 0 Å². The van der Waals surface area contributed by atoms with Crippen molar-refractivity contribution in [2.24, 2.45) is 0 Å². The highest BCUT2D eigenvalue weighted by Gasteiger charge is 2.22. The summed E-state index contributed by atoms with van der Waals surface area (Å²) in [5.41, 5.74) is 5.73. The van der Waals surface area contributed by atoms with E-state index in [-0.39, 0.29) is 12.4 Å². The zero-order valence-electron chi connectivity index (χ0n) is 12.2. The molecule has 0 heterocycles. The Morgan fingerprint density at radius 3 is 2.57 bits per heavy atom. The zero-order valence-corrected chi connectivity index (χ0v) is 13.0. The molecule has 1 amide bonds. The zero-order chi connectivity index (χ0) is 16.3. The molecule has 21 heavy (non-hydrogen) atoms. The topological polar surface area (TPSA) is 119 Å². The van der Waals surface area contributed by atoms with Gasteiger partial charge in [0.1, 0.15) is 12.4 Å². The molecule has 0 aliphatic rings. The van der Waals surface area contributed by atoms with Gasteiger partial charge in [0.25, 0.3) is 0 Å². The first-order valence-corrected chi connectivity index (χ1v) is 8.25. The van der Waals surface area contributed by atoms with Gasteiger partial charge < -0.3 is 20.9 Å². The Kier molecular flexibility index (Phi) is 5.06. The lowest BCUT2D eigenvalue weighted by molar-refractivity contribution is 0.162. The maximum atomic E-state index is 11.4. The van der Waals surface area contributed by atoms with Gasteiger partial charge in [0.2, 0.25) is 0 Å². The molecule has 1 aromatic rings. The van der Waals surface area contributed by atoms with E-state index in [9.17, 15) is 13.2 Å². The fourth-order valence-corrected chi connectivity index (χ4v) is 2.51. The minimum absolute atomic E-state index is 0.0555. The molecule has 0 saturated heterocycles. The fourth-order valence-electron chi connectivity index (χ4n) is 1.72. The van der Waals surface area contributed by atoms with Gasteiger partial charge in [-0.1, -0.05) is 0 Å². The number of sulfone groups is 1. The number of benzene rings is 1. The number of nitrogens with two attached hydrogens (primary N) is 1. The van der Waals surface area contributed by atoms with Gasteiger partial charge in [-0.3, -0.25) is 0 Å². The number of hydrogen-bond acceptors (Lipinski definition) is 5. The van der Waals surface area contributed by atoms with Crippen LogP contribution in [0.4, 0.5) is 10.5 Å². The number of carbonyl (C=O) groups is 1. The van der Waals surface area contributed by atoms with E-state index < -0.39 is 21.5 Å². The highest BCUT2D eigenvalue weighted by Crippen LogP contribution is 2.24. The molecule has 0 aromatic heterocycles. The Balaban J connectivity index is 2.90. The number of carboxylic acid groups (broad SMARTS) is 1. The van der Waals surface area contributed by atoms with Crippen molar-refractivity contribution >= 4 is 21.6 Å². The summed E-state index contributed by atoms with van der Waals surface area (Å²) in [5.74, 6) is 0.176. The standard InChI is InChI=1S/C13H20N2O5S/c1-13(2,15-12(16)17)8-20-11-5-4-10(14)6-9(11)7-21(3,18)19/h4-6,15H,7-8,14H2,1-3H3,(H,16,17). The van der Waals surface area contributed by atoms with Gasteiger partial charge in [0, 0.05) is 17.5 Å². The summed E-state index contributed by atoms with van der Waals surface area (Å²) in [5, 5.41) is 11.0. The SMILES string of the molecule is CC(C)(COc1ccc(N)cc1CS(C)(=O)=O)NC(=O)O. The lowest BCUT2D eigenvalue weighted by Crippen LogP contribution is -2.47. The van der Waals surface area contributed by atoms with Crippen molar-refractivity contribution in [3.05, 3.63) is 23.8 Å². The van der Waals surface area contributed by atoms with Crippen LogP contribution in [0.3, 0.4) is 0 Å². The second-order valence-electron chi connectivity index (χ2n) is 5.54. The molecule has 0 bridgehead atoms. The Hall–Kier alpha value is -1.96. The first-order chi connectivity index (χ1) is 9.48. The predicted molar refractivity (Wildman–Crippen MR) is 80.1 cm³/mol. The highest BCUT2D eigenvalue weighted by molar-refractivity contribution is 7.89. The Bertz CT molecular complexity index is 625. The van der Waals surface area contributed by atoms with E-state index >= 15 is 0 Å². The molecule has 0 saturated carbocycles. The normalized spacial score (nSPS) is 12.0. The first-order valence-electron chi connectivity index (χ1n) is 6.18. The van der Waals surface area contributed by atoms with E-state index in [2.05, 4.69) is 5.32 Å². The third kappa shape index (κ3) is 6.35. The van der Waals surface area contributed by atoms with Gasteiger partial charge in [-0.2, -0.15) is 0 Å². The second-order valence-corrected chi connectivity index (χ2v) is 7.68. The minimum Gasteiger partial charge on any atom is -0.491 e. The molecule has 0 aliphatic heterocycles. The molecule has 8 heteroatoms. The summed E-state index contributed by atoms with van der Waals surface area (Å²) in [6, 6.07) is 4.71. The summed E-state index contributed by atoms with van der Waals surface area (Å²) >= 11 is 0. The number of rotatable bonds is 6. The molecule has 1 aromatic carbocycles. The molecular formula is C13H20N2O5S. The van der Waals surface area contributed by atoms with Crippen molar-refractivity contribution in [1.29, 1.82) is 0 Å². The lowest BCUT2D eigenvalue weighted by atomic mass is 10.1. The van der Waals surface area contributed by atoms with E-state index in [1.54, 1.807) is 26.0 Å². The summed E-state index contributed by atoms with van der Waals surface area (Å²) < 4.78 is 28.4. The van der Waals surface area contributed by atoms with E-state index in [1.165, 1.54) is 6.07 Å². The van der Waals surface area contributed by atoms with Gasteiger partial charge >= 0.3 is 6.09 Å². The van der Waals surface area contributed by atoms with Crippen molar-refractivity contribution in [2.75, 3.05) is 18.6 Å². The number of nitrogens with one attached hydrogen (secondary N) is 1. The molecule has 7 nitrogen and oxygen atoms in total. The molecule has 0 unspecified atom stereocenters. The van der Waals surface area contributed by atoms with Crippen molar-refractivity contribution in [1.82, 2.24) is 5.32 Å². The Morgan fingerprint density at radius 1 is 1.43 bits per heavy atom. The van der Waals surface area contributed by atoms with Crippen LogP contribution in [0.2, 0.25) is 0 Å². The van der Waals surface area contributed by atoms with Crippen LogP contribution in [-0.4, -0.2) is 38.0 Å². The molecule has 0 atom stereocenters. The van der Waals surface area contributed by atoms with E-state index in [4.69, 9.17) is 15.6 Å². The quantitative estimate of drug-likeness (QED) is 0.679. The summed E-state index contributed by atoms with van der Waals surface area (Å²) in [6.45, 7) is 3.38. The summed E-state index contributed by atoms with van der Waals surface area (Å²) in [6.07, 6.45) is -0.0344. The molecule has 0 aliphatic carbocycles. The van der Waals surface area contributed by atoms with Crippen LogP contribution in [0.15, 0.2) is 18.2 Å². The molecular weight excluding hydrogens is 296 g/mol. The van der Waals surface area contributed by atoms with Crippen LogP contribution in [0.5, 0.6) is 5.75 Å². The van der Waals surface area contributed by atoms with Gasteiger partial charge in [0.05, 0.1) is 11.3 Å². The fraction of sp³-hybridized carbons (Fsp3) is 0.462. The van der Waals surface area contributed by atoms with Gasteiger partial charge in [-0.05, 0) is 32.0 Å². The number of anilines is 1. The van der Waals surface area contributed by atoms with E-state index in [1.807, 2.05) is 0 Å². The summed E-state index contributed by atoms with van der Waals surface area (Å²) in [7, 11) is -3.23. The average molecular weight is 316 g/mol. The van der Waals surface area contributed by atoms with Crippen LogP contribution in [0.1, 0.15) is 19.4 Å². The van der Waals surface area contributed by atoms with Crippen LogP contribution in [0, 0.1) is 0 Å². The molecule has 0 radical (unpaired) electrons. The predicted octanol–water partition coefficient (Wildman–Crippen LogP) is 1.24. The van der Waals surface area contributed by atoms with Crippen molar-refractivity contribution in [3.8, 4) is 5.75 Å². The number of hydrogen-bond donors (Lipinski definition) is 3. The number of ether oxygens (including phenoxy) is 1. The number of amides is 1. The van der Waals surface area contributed by atoms with E-state index in [0.29, 0.717) is 17.0 Å². The van der Waals surface area contributed by atoms with Gasteiger partial charge in [-0.15, -0.1) is 0 Å². The molecule has 0 spiro atoms. The van der Waals surface area contributed by atoms with Crippen LogP contribution < -0.4 is 15.8 Å². The second kappa shape index (κ2) is 6.21. The minimum atomic E-state index is -3.23. The maximum absolute atomic E-state index is 11.4. The Labute approximate surface area is 124 Å². The summed E-state index contributed by atoms with van der Waals surface area (Å²) in [4.78, 5) is 10.7. The maximum Gasteiger partial charge on any atom is 0.405 e. The van der Waals surface area contributed by atoms with Crippen molar-refractivity contribution in [2.45, 2.75) is 25.1 Å². The average Bonchev–Trinajstić information content (AvgIpc) is 2.23. The smallest absolute Gasteiger partial charge is 0.405 e. The molecule has 4 N–H and O–H groups in total. The van der Waals surface area contributed by atoms with Crippen LogP contribution >= 0.6 is 0 Å². The van der Waals surface area contributed by atoms with E-state index in [0.717, 1.165) is 6.26 Å². The monoisotopic (exact) mass is 316 g/mol. The van der Waals surface area contributed by atoms with Gasteiger partial charge in [0.15, 0.2) is 9.84 Å². The third-order valence-electron chi connectivity index (χ3n) is 2.54. The highest BCUT2D eigenvalue weighted by atomic mass is 32.2. The third-order valence-corrected chi connectivity index (χ3v) is 3.37. The number of nitrogen functional groups attached to an aromatic ring is 1. The molecule has 118 valence electrons. The van der Waals surface area contributed by atoms with Crippen molar-refractivity contribution in [3.63, 3.8) is 0 Å². The molecule has 1 rings (SSSR count). The van der Waals surface area contributed by atoms with Crippen molar-refractivity contribution < 1.29 is 23.1 Å².